The molecule has 4 aromatic rings. The SMILES string of the molecule is NC(=O)c1cccc(NC(=O)[C@@H](NC(=O)OCc2ccccc2)c2ccc(OCc3ccccc3)cc2)c1. The second-order valence-electron chi connectivity index (χ2n) is 8.42. The van der Waals surface area contributed by atoms with Crippen LogP contribution in [0.5, 0.6) is 5.75 Å². The molecule has 0 aliphatic carbocycles. The number of hydrogen-bond acceptors (Lipinski definition) is 5. The van der Waals surface area contributed by atoms with Gasteiger partial charge < -0.3 is 25.8 Å². The molecule has 0 radical (unpaired) electrons. The lowest BCUT2D eigenvalue weighted by Crippen LogP contribution is -2.37. The van der Waals surface area contributed by atoms with Crippen molar-refractivity contribution in [2.75, 3.05) is 5.32 Å². The van der Waals surface area contributed by atoms with Crippen molar-refractivity contribution < 1.29 is 23.9 Å². The summed E-state index contributed by atoms with van der Waals surface area (Å²) < 4.78 is 11.2. The van der Waals surface area contributed by atoms with Gasteiger partial charge in [0.05, 0.1) is 0 Å². The Morgan fingerprint density at radius 1 is 0.737 bits per heavy atom. The average molecular weight is 510 g/mol. The summed E-state index contributed by atoms with van der Waals surface area (Å²) in [5.74, 6) is -0.537. The van der Waals surface area contributed by atoms with E-state index in [9.17, 15) is 14.4 Å². The molecule has 4 aromatic carbocycles. The average Bonchev–Trinajstić information content (AvgIpc) is 2.95. The number of carbonyl (C=O) groups is 3. The first-order chi connectivity index (χ1) is 18.5. The zero-order valence-corrected chi connectivity index (χ0v) is 20.5. The zero-order valence-electron chi connectivity index (χ0n) is 20.5. The van der Waals surface area contributed by atoms with Crippen LogP contribution < -0.4 is 21.1 Å². The minimum atomic E-state index is -1.08. The molecule has 3 amide bonds. The lowest BCUT2D eigenvalue weighted by atomic mass is 10.1. The molecule has 8 heteroatoms. The fourth-order valence-electron chi connectivity index (χ4n) is 3.64. The predicted molar refractivity (Wildman–Crippen MR) is 143 cm³/mol. The number of ether oxygens (including phenoxy) is 2. The Morgan fingerprint density at radius 3 is 2.00 bits per heavy atom. The van der Waals surface area contributed by atoms with Crippen molar-refractivity contribution in [3.05, 3.63) is 131 Å². The standard InChI is InChI=1S/C30H27N3O5/c31-28(34)24-12-7-13-25(18-24)32-29(35)27(33-30(36)38-20-22-10-5-2-6-11-22)23-14-16-26(17-15-23)37-19-21-8-3-1-4-9-21/h1-18,27H,19-20H2,(H2,31,34)(H,32,35)(H,33,36)/t27-/m0/s1. The largest absolute Gasteiger partial charge is 0.489 e. The molecule has 8 nitrogen and oxygen atoms in total. The maximum absolute atomic E-state index is 13.3. The van der Waals surface area contributed by atoms with Gasteiger partial charge in [-0.2, -0.15) is 0 Å². The Labute approximate surface area is 220 Å². The van der Waals surface area contributed by atoms with E-state index in [1.165, 1.54) is 6.07 Å². The van der Waals surface area contributed by atoms with Crippen LogP contribution in [0.1, 0.15) is 33.1 Å². The highest BCUT2D eigenvalue weighted by Crippen LogP contribution is 2.22. The first-order valence-corrected chi connectivity index (χ1v) is 11.9. The van der Waals surface area contributed by atoms with Gasteiger partial charge in [-0.05, 0) is 47.0 Å². The third-order valence-corrected chi connectivity index (χ3v) is 5.61. The summed E-state index contributed by atoms with van der Waals surface area (Å²) in [7, 11) is 0. The molecule has 0 fully saturated rings. The quantitative estimate of drug-likeness (QED) is 0.279. The van der Waals surface area contributed by atoms with Gasteiger partial charge in [-0.25, -0.2) is 4.79 Å². The second-order valence-corrected chi connectivity index (χ2v) is 8.42. The van der Waals surface area contributed by atoms with Crippen LogP contribution in [-0.2, 0) is 22.7 Å². The number of amides is 3. The van der Waals surface area contributed by atoms with Crippen molar-refractivity contribution in [2.45, 2.75) is 19.3 Å². The Kier molecular flexibility index (Phi) is 8.70. The van der Waals surface area contributed by atoms with Crippen LogP contribution >= 0.6 is 0 Å². The Morgan fingerprint density at radius 2 is 1.37 bits per heavy atom. The summed E-state index contributed by atoms with van der Waals surface area (Å²) in [5, 5.41) is 5.36. The van der Waals surface area contributed by atoms with E-state index in [4.69, 9.17) is 15.2 Å². The third-order valence-electron chi connectivity index (χ3n) is 5.61. The lowest BCUT2D eigenvalue weighted by molar-refractivity contribution is -0.118. The molecule has 0 bridgehead atoms. The first kappa shape index (κ1) is 26.0. The van der Waals surface area contributed by atoms with Gasteiger partial charge in [-0.1, -0.05) is 78.9 Å². The number of hydrogen-bond donors (Lipinski definition) is 3. The van der Waals surface area contributed by atoms with E-state index in [1.54, 1.807) is 42.5 Å². The van der Waals surface area contributed by atoms with Crippen molar-refractivity contribution in [3.63, 3.8) is 0 Å². The molecule has 0 aliphatic rings. The minimum absolute atomic E-state index is 0.0495. The van der Waals surface area contributed by atoms with Crippen molar-refractivity contribution in [1.29, 1.82) is 0 Å². The zero-order chi connectivity index (χ0) is 26.7. The number of rotatable bonds is 10. The van der Waals surface area contributed by atoms with E-state index < -0.39 is 23.9 Å². The van der Waals surface area contributed by atoms with E-state index >= 15 is 0 Å². The van der Waals surface area contributed by atoms with E-state index in [0.717, 1.165) is 11.1 Å². The summed E-state index contributed by atoms with van der Waals surface area (Å²) in [4.78, 5) is 37.4. The molecule has 0 unspecified atom stereocenters. The van der Waals surface area contributed by atoms with Crippen LogP contribution in [-0.4, -0.2) is 17.9 Å². The smallest absolute Gasteiger partial charge is 0.408 e. The number of carbonyl (C=O) groups excluding carboxylic acids is 3. The monoisotopic (exact) mass is 509 g/mol. The summed E-state index contributed by atoms with van der Waals surface area (Å²) in [6.07, 6.45) is -0.760. The number of alkyl carbamates (subject to hydrolysis) is 1. The molecule has 38 heavy (non-hydrogen) atoms. The van der Waals surface area contributed by atoms with Crippen LogP contribution in [0.4, 0.5) is 10.5 Å². The molecule has 0 spiro atoms. The summed E-state index contributed by atoms with van der Waals surface area (Å²) in [6, 6.07) is 30.9. The van der Waals surface area contributed by atoms with Crippen LogP contribution in [0.15, 0.2) is 109 Å². The van der Waals surface area contributed by atoms with Crippen molar-refractivity contribution >= 4 is 23.6 Å². The van der Waals surface area contributed by atoms with Crippen molar-refractivity contribution in [2.24, 2.45) is 5.73 Å². The Hall–Kier alpha value is -5.11. The molecular weight excluding hydrogens is 482 g/mol. The fourth-order valence-corrected chi connectivity index (χ4v) is 3.64. The van der Waals surface area contributed by atoms with Gasteiger partial charge in [-0.15, -0.1) is 0 Å². The van der Waals surface area contributed by atoms with Gasteiger partial charge in [0.25, 0.3) is 5.91 Å². The van der Waals surface area contributed by atoms with Gasteiger partial charge in [0.15, 0.2) is 0 Å². The van der Waals surface area contributed by atoms with E-state index in [-0.39, 0.29) is 12.2 Å². The summed E-state index contributed by atoms with van der Waals surface area (Å²) in [6.45, 7) is 0.443. The molecule has 1 atom stereocenters. The highest BCUT2D eigenvalue weighted by molar-refractivity contribution is 5.99. The predicted octanol–water partition coefficient (Wildman–Crippen LogP) is 4.97. The van der Waals surface area contributed by atoms with Crippen molar-refractivity contribution in [1.82, 2.24) is 5.32 Å². The maximum Gasteiger partial charge on any atom is 0.408 e. The van der Waals surface area contributed by atoms with Crippen LogP contribution in [0.25, 0.3) is 0 Å². The van der Waals surface area contributed by atoms with Crippen LogP contribution in [0.3, 0.4) is 0 Å². The summed E-state index contributed by atoms with van der Waals surface area (Å²) in [5.41, 5.74) is 8.30. The van der Waals surface area contributed by atoms with Gasteiger partial charge in [0.2, 0.25) is 5.91 Å². The number of anilines is 1. The molecule has 0 aliphatic heterocycles. The molecule has 0 saturated carbocycles. The van der Waals surface area contributed by atoms with Gasteiger partial charge in [0, 0.05) is 11.3 Å². The number of primary amides is 1. The molecule has 4 N–H and O–H groups in total. The lowest BCUT2D eigenvalue weighted by Gasteiger charge is -2.19. The third kappa shape index (κ3) is 7.44. The number of nitrogens with one attached hydrogen (secondary N) is 2. The minimum Gasteiger partial charge on any atom is -0.489 e. The number of nitrogens with two attached hydrogens (primary N) is 1. The molecule has 0 aromatic heterocycles. The highest BCUT2D eigenvalue weighted by atomic mass is 16.5. The summed E-state index contributed by atoms with van der Waals surface area (Å²) >= 11 is 0. The van der Waals surface area contributed by atoms with Crippen LogP contribution in [0.2, 0.25) is 0 Å². The van der Waals surface area contributed by atoms with Crippen molar-refractivity contribution in [3.8, 4) is 5.75 Å². The van der Waals surface area contributed by atoms with E-state index in [0.29, 0.717) is 23.6 Å². The fraction of sp³-hybridized carbons (Fsp3) is 0.100. The molecule has 4 rings (SSSR count). The molecule has 0 heterocycles. The second kappa shape index (κ2) is 12.7. The normalized spacial score (nSPS) is 11.2. The molecule has 192 valence electrons. The Bertz CT molecular complexity index is 1380. The maximum atomic E-state index is 13.3. The first-order valence-electron chi connectivity index (χ1n) is 11.9. The highest BCUT2D eigenvalue weighted by Gasteiger charge is 2.24. The number of benzene rings is 4. The molecule has 0 saturated heterocycles. The topological polar surface area (TPSA) is 120 Å². The Balaban J connectivity index is 1.48. The van der Waals surface area contributed by atoms with Crippen LogP contribution in [0, 0.1) is 0 Å². The van der Waals surface area contributed by atoms with E-state index in [1.807, 2.05) is 60.7 Å². The van der Waals surface area contributed by atoms with E-state index in [2.05, 4.69) is 10.6 Å². The van der Waals surface area contributed by atoms with Gasteiger partial charge >= 0.3 is 6.09 Å². The molecular formula is C30H27N3O5. The van der Waals surface area contributed by atoms with Gasteiger partial charge in [0.1, 0.15) is 25.0 Å². The van der Waals surface area contributed by atoms with Gasteiger partial charge in [-0.3, -0.25) is 9.59 Å².